The Bertz CT molecular complexity index is 745. The second-order valence-corrected chi connectivity index (χ2v) is 4.36. The highest BCUT2D eigenvalue weighted by atomic mass is 16.6. The number of nitro benzene ring substituents is 1. The van der Waals surface area contributed by atoms with Gasteiger partial charge in [-0.2, -0.15) is 5.10 Å². The molecule has 0 fully saturated rings. The molecule has 0 unspecified atom stereocenters. The molecule has 8 nitrogen and oxygen atoms in total. The second kappa shape index (κ2) is 7.55. The van der Waals surface area contributed by atoms with Gasteiger partial charge in [0.2, 0.25) is 0 Å². The summed E-state index contributed by atoms with van der Waals surface area (Å²) in [4.78, 5) is 20.9. The van der Waals surface area contributed by atoms with E-state index in [4.69, 9.17) is 9.84 Å². The van der Waals surface area contributed by atoms with Crippen molar-refractivity contribution in [3.8, 4) is 5.75 Å². The zero-order chi connectivity index (χ0) is 16.7. The minimum atomic E-state index is -1.09. The van der Waals surface area contributed by atoms with Gasteiger partial charge in [-0.25, -0.2) is 4.79 Å². The van der Waals surface area contributed by atoms with Crippen molar-refractivity contribution in [2.24, 2.45) is 5.10 Å². The number of aliphatic carboxylic acids is 1. The molecule has 0 aliphatic rings. The fourth-order valence-electron chi connectivity index (χ4n) is 1.76. The highest BCUT2D eigenvalue weighted by Crippen LogP contribution is 2.23. The van der Waals surface area contributed by atoms with Gasteiger partial charge in [0, 0.05) is 11.6 Å². The zero-order valence-electron chi connectivity index (χ0n) is 11.9. The van der Waals surface area contributed by atoms with Crippen LogP contribution in [0.5, 0.6) is 5.75 Å². The quantitative estimate of drug-likeness (QED) is 0.461. The molecular formula is C15H13N3O5. The molecule has 0 spiro atoms. The molecule has 23 heavy (non-hydrogen) atoms. The van der Waals surface area contributed by atoms with E-state index >= 15 is 0 Å². The molecular weight excluding hydrogens is 302 g/mol. The van der Waals surface area contributed by atoms with E-state index in [9.17, 15) is 14.9 Å². The summed E-state index contributed by atoms with van der Waals surface area (Å²) in [6.45, 7) is -0.470. The molecule has 2 aromatic carbocycles. The Balaban J connectivity index is 2.12. The van der Waals surface area contributed by atoms with Gasteiger partial charge >= 0.3 is 5.97 Å². The number of carbonyl (C=O) groups is 1. The van der Waals surface area contributed by atoms with Gasteiger partial charge < -0.3 is 9.84 Å². The number of anilines is 1. The standard InChI is InChI=1S/C15H13N3O5/c19-15(20)10-23-14-8-4-1-5-11(14)9-16-17-12-6-2-3-7-13(12)18(21)22/h1-9,17H,10H2,(H,19,20)/b16-9-. The van der Waals surface area contributed by atoms with E-state index in [1.807, 2.05) is 0 Å². The predicted molar refractivity (Wildman–Crippen MR) is 83.9 cm³/mol. The first kappa shape index (κ1) is 16.0. The number of benzene rings is 2. The highest BCUT2D eigenvalue weighted by molar-refractivity contribution is 5.84. The summed E-state index contributed by atoms with van der Waals surface area (Å²) in [5, 5.41) is 23.5. The lowest BCUT2D eigenvalue weighted by Crippen LogP contribution is -2.10. The molecule has 0 radical (unpaired) electrons. The molecule has 118 valence electrons. The molecule has 2 aromatic rings. The number of rotatable bonds is 7. The molecule has 0 aliphatic carbocycles. The topological polar surface area (TPSA) is 114 Å². The summed E-state index contributed by atoms with van der Waals surface area (Å²) in [5.41, 5.74) is 3.28. The molecule has 8 heteroatoms. The fraction of sp³-hybridized carbons (Fsp3) is 0.0667. The molecule has 0 saturated carbocycles. The number of hydrogen-bond donors (Lipinski definition) is 2. The zero-order valence-corrected chi connectivity index (χ0v) is 11.9. The van der Waals surface area contributed by atoms with Gasteiger partial charge in [0.25, 0.3) is 5.69 Å². The molecule has 2 rings (SSSR count). The van der Waals surface area contributed by atoms with Crippen molar-refractivity contribution in [1.29, 1.82) is 0 Å². The average molecular weight is 315 g/mol. The van der Waals surface area contributed by atoms with Crippen LogP contribution in [0.25, 0.3) is 0 Å². The van der Waals surface area contributed by atoms with E-state index in [0.29, 0.717) is 11.3 Å². The van der Waals surface area contributed by atoms with Crippen molar-refractivity contribution in [3.63, 3.8) is 0 Å². The van der Waals surface area contributed by atoms with Crippen LogP contribution in [0.4, 0.5) is 11.4 Å². The molecule has 0 atom stereocenters. The Kier molecular flexibility index (Phi) is 5.24. The first-order valence-electron chi connectivity index (χ1n) is 6.54. The Morgan fingerprint density at radius 2 is 1.96 bits per heavy atom. The summed E-state index contributed by atoms with van der Waals surface area (Å²) < 4.78 is 5.14. The number of carboxylic acid groups (broad SMARTS) is 1. The van der Waals surface area contributed by atoms with Gasteiger partial charge in [-0.05, 0) is 18.2 Å². The van der Waals surface area contributed by atoms with Crippen molar-refractivity contribution >= 4 is 23.6 Å². The Labute approximate surface area is 131 Å². The minimum Gasteiger partial charge on any atom is -0.481 e. The van der Waals surface area contributed by atoms with E-state index in [-0.39, 0.29) is 11.4 Å². The lowest BCUT2D eigenvalue weighted by Gasteiger charge is -2.06. The molecule has 0 bridgehead atoms. The third-order valence-corrected chi connectivity index (χ3v) is 2.76. The fourth-order valence-corrected chi connectivity index (χ4v) is 1.76. The van der Waals surface area contributed by atoms with Crippen LogP contribution in [0.2, 0.25) is 0 Å². The van der Waals surface area contributed by atoms with E-state index in [0.717, 1.165) is 0 Å². The van der Waals surface area contributed by atoms with Crippen LogP contribution in [0.15, 0.2) is 53.6 Å². The summed E-state index contributed by atoms with van der Waals surface area (Å²) in [6.07, 6.45) is 1.40. The molecule has 0 heterocycles. The number of hydrazone groups is 1. The number of carboxylic acids is 1. The van der Waals surface area contributed by atoms with Gasteiger partial charge in [-0.3, -0.25) is 15.5 Å². The van der Waals surface area contributed by atoms with Gasteiger partial charge in [-0.15, -0.1) is 0 Å². The maximum atomic E-state index is 10.9. The normalized spacial score (nSPS) is 10.4. The van der Waals surface area contributed by atoms with Gasteiger partial charge in [0.05, 0.1) is 11.1 Å². The minimum absolute atomic E-state index is 0.0972. The maximum absolute atomic E-state index is 10.9. The summed E-state index contributed by atoms with van der Waals surface area (Å²) in [5.74, 6) is -0.738. The molecule has 2 N–H and O–H groups in total. The monoisotopic (exact) mass is 315 g/mol. The predicted octanol–water partition coefficient (Wildman–Crippen LogP) is 2.50. The first-order chi connectivity index (χ1) is 11.1. The number of hydrogen-bond acceptors (Lipinski definition) is 6. The van der Waals surface area contributed by atoms with Crippen molar-refractivity contribution in [3.05, 3.63) is 64.2 Å². The Morgan fingerprint density at radius 1 is 1.26 bits per heavy atom. The van der Waals surface area contributed by atoms with Crippen molar-refractivity contribution in [2.75, 3.05) is 12.0 Å². The van der Waals surface area contributed by atoms with Crippen LogP contribution < -0.4 is 10.2 Å². The molecule has 0 aromatic heterocycles. The largest absolute Gasteiger partial charge is 0.481 e. The third kappa shape index (κ3) is 4.53. The van der Waals surface area contributed by atoms with Crippen molar-refractivity contribution in [2.45, 2.75) is 0 Å². The van der Waals surface area contributed by atoms with Crippen LogP contribution in [-0.2, 0) is 4.79 Å². The van der Waals surface area contributed by atoms with E-state index in [1.54, 1.807) is 36.4 Å². The van der Waals surface area contributed by atoms with Crippen LogP contribution in [0.1, 0.15) is 5.56 Å². The number of para-hydroxylation sites is 3. The van der Waals surface area contributed by atoms with Crippen LogP contribution in [0, 0.1) is 10.1 Å². The molecule has 0 amide bonds. The molecule has 0 saturated heterocycles. The van der Waals surface area contributed by atoms with Crippen molar-refractivity contribution < 1.29 is 19.6 Å². The summed E-state index contributed by atoms with van der Waals surface area (Å²) in [7, 11) is 0. The second-order valence-electron chi connectivity index (χ2n) is 4.36. The lowest BCUT2D eigenvalue weighted by molar-refractivity contribution is -0.384. The highest BCUT2D eigenvalue weighted by Gasteiger charge is 2.11. The Hall–Kier alpha value is -3.42. The SMILES string of the molecule is O=C(O)COc1ccccc1/C=N\Nc1ccccc1[N+](=O)[O-]. The number of ether oxygens (including phenoxy) is 1. The number of nitro groups is 1. The van der Waals surface area contributed by atoms with Gasteiger partial charge in [-0.1, -0.05) is 24.3 Å². The van der Waals surface area contributed by atoms with Crippen LogP contribution in [-0.4, -0.2) is 28.8 Å². The van der Waals surface area contributed by atoms with Gasteiger partial charge in [0.15, 0.2) is 6.61 Å². The first-order valence-corrected chi connectivity index (χ1v) is 6.54. The Morgan fingerprint density at radius 3 is 2.70 bits per heavy atom. The smallest absolute Gasteiger partial charge is 0.341 e. The van der Waals surface area contributed by atoms with Crippen molar-refractivity contribution in [1.82, 2.24) is 0 Å². The number of nitrogens with one attached hydrogen (secondary N) is 1. The van der Waals surface area contributed by atoms with Crippen LogP contribution in [0.3, 0.4) is 0 Å². The molecule has 0 aliphatic heterocycles. The van der Waals surface area contributed by atoms with E-state index < -0.39 is 17.5 Å². The van der Waals surface area contributed by atoms with Gasteiger partial charge in [0.1, 0.15) is 11.4 Å². The summed E-state index contributed by atoms with van der Waals surface area (Å²) >= 11 is 0. The van der Waals surface area contributed by atoms with Crippen LogP contribution >= 0.6 is 0 Å². The third-order valence-electron chi connectivity index (χ3n) is 2.76. The van der Waals surface area contributed by atoms with E-state index in [1.165, 1.54) is 18.3 Å². The lowest BCUT2D eigenvalue weighted by atomic mass is 10.2. The average Bonchev–Trinajstić information content (AvgIpc) is 2.54. The van der Waals surface area contributed by atoms with E-state index in [2.05, 4.69) is 10.5 Å². The summed E-state index contributed by atoms with van der Waals surface area (Å²) in [6, 6.07) is 12.8. The maximum Gasteiger partial charge on any atom is 0.341 e. The number of nitrogens with zero attached hydrogens (tertiary/aromatic N) is 2.